The summed E-state index contributed by atoms with van der Waals surface area (Å²) in [5, 5.41) is 0. The van der Waals surface area contributed by atoms with Crippen LogP contribution in [-0.2, 0) is 11.3 Å². The van der Waals surface area contributed by atoms with Crippen LogP contribution >= 0.6 is 0 Å². The first-order chi connectivity index (χ1) is 9.01. The maximum absolute atomic E-state index is 14.1. The second-order valence-corrected chi connectivity index (χ2v) is 4.91. The number of ether oxygens (including phenoxy) is 1. The summed E-state index contributed by atoms with van der Waals surface area (Å²) < 4.78 is 32.8. The van der Waals surface area contributed by atoms with Gasteiger partial charge in [0, 0.05) is 32.3 Å². The first-order valence-electron chi connectivity index (χ1n) is 6.42. The smallest absolute Gasteiger partial charge is 0.182 e. The highest BCUT2D eigenvalue weighted by atomic mass is 19.2. The molecule has 0 aliphatic carbocycles. The Balaban J connectivity index is 3.04. The van der Waals surface area contributed by atoms with Gasteiger partial charge >= 0.3 is 0 Å². The van der Waals surface area contributed by atoms with Crippen molar-refractivity contribution in [1.29, 1.82) is 0 Å². The molecule has 0 bridgehead atoms. The van der Waals surface area contributed by atoms with Crippen molar-refractivity contribution in [3.8, 4) is 0 Å². The highest BCUT2D eigenvalue weighted by Crippen LogP contribution is 2.24. The minimum absolute atomic E-state index is 0.00865. The van der Waals surface area contributed by atoms with Crippen LogP contribution in [0.5, 0.6) is 0 Å². The Kier molecular flexibility index (Phi) is 6.18. The van der Waals surface area contributed by atoms with E-state index >= 15 is 0 Å². The maximum Gasteiger partial charge on any atom is 0.182 e. The summed E-state index contributed by atoms with van der Waals surface area (Å²) in [7, 11) is 1.59. The summed E-state index contributed by atoms with van der Waals surface area (Å²) >= 11 is 0. The molecule has 3 nitrogen and oxygen atoms in total. The molecule has 0 fully saturated rings. The quantitative estimate of drug-likeness (QED) is 0.829. The van der Waals surface area contributed by atoms with Crippen LogP contribution in [-0.4, -0.2) is 26.8 Å². The van der Waals surface area contributed by atoms with Crippen molar-refractivity contribution >= 4 is 5.69 Å². The molecule has 2 N–H and O–H groups in total. The number of methoxy groups -OCH3 is 1. The van der Waals surface area contributed by atoms with E-state index in [0.29, 0.717) is 25.6 Å². The van der Waals surface area contributed by atoms with Crippen LogP contribution in [0.3, 0.4) is 0 Å². The molecule has 0 heterocycles. The summed E-state index contributed by atoms with van der Waals surface area (Å²) in [5.74, 6) is -1.35. The van der Waals surface area contributed by atoms with E-state index in [-0.39, 0.29) is 17.8 Å². The number of nitrogens with two attached hydrogens (primary N) is 1. The Morgan fingerprint density at radius 2 is 1.95 bits per heavy atom. The van der Waals surface area contributed by atoms with Gasteiger partial charge < -0.3 is 15.4 Å². The SMILES string of the molecule is COCCN(CC(C)C)c1ccc(CN)c(F)c1F. The van der Waals surface area contributed by atoms with Crippen molar-refractivity contribution in [2.45, 2.75) is 20.4 Å². The Morgan fingerprint density at radius 3 is 2.47 bits per heavy atom. The topological polar surface area (TPSA) is 38.5 Å². The van der Waals surface area contributed by atoms with Gasteiger partial charge in [0.05, 0.1) is 12.3 Å². The number of anilines is 1. The van der Waals surface area contributed by atoms with Gasteiger partial charge in [-0.2, -0.15) is 0 Å². The number of hydrogen-bond acceptors (Lipinski definition) is 3. The highest BCUT2D eigenvalue weighted by Gasteiger charge is 2.18. The number of nitrogens with zero attached hydrogens (tertiary/aromatic N) is 1. The van der Waals surface area contributed by atoms with Crippen LogP contribution in [0, 0.1) is 17.6 Å². The predicted octanol–water partition coefficient (Wildman–Crippen LogP) is 2.53. The van der Waals surface area contributed by atoms with E-state index in [9.17, 15) is 8.78 Å². The Labute approximate surface area is 113 Å². The van der Waals surface area contributed by atoms with Gasteiger partial charge in [0.25, 0.3) is 0 Å². The fourth-order valence-corrected chi connectivity index (χ4v) is 1.93. The molecule has 0 unspecified atom stereocenters. The molecule has 1 aromatic carbocycles. The van der Waals surface area contributed by atoms with Gasteiger partial charge in [0.2, 0.25) is 0 Å². The Morgan fingerprint density at radius 1 is 1.26 bits per heavy atom. The van der Waals surface area contributed by atoms with E-state index in [2.05, 4.69) is 0 Å². The average molecular weight is 272 g/mol. The zero-order chi connectivity index (χ0) is 14.4. The highest BCUT2D eigenvalue weighted by molar-refractivity contribution is 5.50. The lowest BCUT2D eigenvalue weighted by molar-refractivity contribution is 0.204. The molecule has 5 heteroatoms. The fourth-order valence-electron chi connectivity index (χ4n) is 1.93. The molecule has 0 aromatic heterocycles. The molecule has 19 heavy (non-hydrogen) atoms. The van der Waals surface area contributed by atoms with Gasteiger partial charge in [-0.1, -0.05) is 19.9 Å². The van der Waals surface area contributed by atoms with Crippen molar-refractivity contribution in [3.63, 3.8) is 0 Å². The van der Waals surface area contributed by atoms with Crippen molar-refractivity contribution < 1.29 is 13.5 Å². The normalized spacial score (nSPS) is 11.1. The summed E-state index contributed by atoms with van der Waals surface area (Å²) in [6.07, 6.45) is 0. The molecule has 0 amide bonds. The third-order valence-corrected chi connectivity index (χ3v) is 2.85. The second kappa shape index (κ2) is 7.40. The summed E-state index contributed by atoms with van der Waals surface area (Å²) in [6.45, 7) is 5.68. The van der Waals surface area contributed by atoms with Crippen LogP contribution in [0.1, 0.15) is 19.4 Å². The first kappa shape index (κ1) is 15.9. The Bertz CT molecular complexity index is 411. The van der Waals surface area contributed by atoms with Gasteiger partial charge in [0.1, 0.15) is 0 Å². The van der Waals surface area contributed by atoms with E-state index in [1.54, 1.807) is 18.1 Å². The third-order valence-electron chi connectivity index (χ3n) is 2.85. The van der Waals surface area contributed by atoms with Crippen LogP contribution in [0.25, 0.3) is 0 Å². The summed E-state index contributed by atoms with van der Waals surface area (Å²) in [5.41, 5.74) is 5.82. The molecule has 0 saturated heterocycles. The second-order valence-electron chi connectivity index (χ2n) is 4.91. The van der Waals surface area contributed by atoms with E-state index < -0.39 is 11.6 Å². The third kappa shape index (κ3) is 4.14. The Hall–Kier alpha value is -1.20. The minimum atomic E-state index is -0.855. The van der Waals surface area contributed by atoms with Crippen LogP contribution in [0.15, 0.2) is 12.1 Å². The molecule has 108 valence electrons. The van der Waals surface area contributed by atoms with Crippen molar-refractivity contribution in [3.05, 3.63) is 29.3 Å². The van der Waals surface area contributed by atoms with Crippen molar-refractivity contribution in [2.75, 3.05) is 31.7 Å². The zero-order valence-corrected chi connectivity index (χ0v) is 11.7. The lowest BCUT2D eigenvalue weighted by Gasteiger charge is -2.27. The molecule has 0 spiro atoms. The van der Waals surface area contributed by atoms with Gasteiger partial charge in [0.15, 0.2) is 11.6 Å². The fraction of sp³-hybridized carbons (Fsp3) is 0.571. The number of halogens is 2. The number of hydrogen-bond donors (Lipinski definition) is 1. The van der Waals surface area contributed by atoms with Crippen LogP contribution in [0.2, 0.25) is 0 Å². The van der Waals surface area contributed by atoms with Crippen LogP contribution < -0.4 is 10.6 Å². The van der Waals surface area contributed by atoms with Crippen molar-refractivity contribution in [1.82, 2.24) is 0 Å². The van der Waals surface area contributed by atoms with Gasteiger partial charge in [-0.05, 0) is 12.0 Å². The molecule has 0 saturated carbocycles. The molecule has 0 radical (unpaired) electrons. The van der Waals surface area contributed by atoms with E-state index in [1.807, 2.05) is 13.8 Å². The number of benzene rings is 1. The molecule has 1 rings (SSSR count). The molecule has 1 aromatic rings. The average Bonchev–Trinajstić information content (AvgIpc) is 2.37. The molecule has 0 aliphatic heterocycles. The first-order valence-corrected chi connectivity index (χ1v) is 6.42. The zero-order valence-electron chi connectivity index (χ0n) is 11.7. The molecule has 0 atom stereocenters. The largest absolute Gasteiger partial charge is 0.383 e. The summed E-state index contributed by atoms with van der Waals surface area (Å²) in [6, 6.07) is 3.12. The van der Waals surface area contributed by atoms with E-state index in [1.165, 1.54) is 6.07 Å². The lowest BCUT2D eigenvalue weighted by atomic mass is 10.1. The van der Waals surface area contributed by atoms with Gasteiger partial charge in [-0.3, -0.25) is 0 Å². The van der Waals surface area contributed by atoms with E-state index in [0.717, 1.165) is 0 Å². The minimum Gasteiger partial charge on any atom is -0.383 e. The number of rotatable bonds is 7. The molecular weight excluding hydrogens is 250 g/mol. The summed E-state index contributed by atoms with van der Waals surface area (Å²) in [4.78, 5) is 1.80. The maximum atomic E-state index is 14.1. The molecule has 0 aliphatic rings. The van der Waals surface area contributed by atoms with Crippen LogP contribution in [0.4, 0.5) is 14.5 Å². The standard InChI is InChI=1S/C14H22F2N2O/c1-10(2)9-18(6-7-19-3)12-5-4-11(8-17)13(15)14(12)16/h4-5,10H,6-9,17H2,1-3H3. The van der Waals surface area contributed by atoms with Crippen molar-refractivity contribution in [2.24, 2.45) is 11.7 Å². The van der Waals surface area contributed by atoms with E-state index in [4.69, 9.17) is 10.5 Å². The lowest BCUT2D eigenvalue weighted by Crippen LogP contribution is -2.32. The van der Waals surface area contributed by atoms with Gasteiger partial charge in [-0.25, -0.2) is 8.78 Å². The predicted molar refractivity (Wildman–Crippen MR) is 73.2 cm³/mol. The molecular formula is C14H22F2N2O. The monoisotopic (exact) mass is 272 g/mol. The van der Waals surface area contributed by atoms with Gasteiger partial charge in [-0.15, -0.1) is 0 Å².